The highest BCUT2D eigenvalue weighted by Gasteiger charge is 2.31. The molecular weight excluding hydrogens is 366 g/mol. The van der Waals surface area contributed by atoms with Crippen LogP contribution in [0, 0.1) is 11.6 Å². The van der Waals surface area contributed by atoms with Crippen LogP contribution >= 0.6 is 22.9 Å². The van der Waals surface area contributed by atoms with Crippen LogP contribution in [0.3, 0.4) is 0 Å². The Morgan fingerprint density at radius 3 is 2.13 bits per heavy atom. The molecule has 23 heavy (non-hydrogen) atoms. The Kier molecular flexibility index (Phi) is 4.59. The molecule has 3 rings (SSSR count). The maximum atomic E-state index is 13.8. The van der Waals surface area contributed by atoms with Crippen LogP contribution in [0.15, 0.2) is 34.5 Å². The Morgan fingerprint density at radius 1 is 1.00 bits per heavy atom. The highest BCUT2D eigenvalue weighted by Crippen LogP contribution is 2.30. The van der Waals surface area contributed by atoms with Gasteiger partial charge in [0.2, 0.25) is 0 Å². The van der Waals surface area contributed by atoms with E-state index >= 15 is 0 Å². The molecule has 1 fully saturated rings. The van der Waals surface area contributed by atoms with Gasteiger partial charge in [-0.15, -0.1) is 11.3 Å². The molecule has 2 heterocycles. The minimum Gasteiger partial charge on any atom is -0.364 e. The van der Waals surface area contributed by atoms with Gasteiger partial charge in [-0.05, 0) is 24.3 Å². The maximum absolute atomic E-state index is 13.8. The number of sulfonamides is 1. The van der Waals surface area contributed by atoms with E-state index < -0.39 is 21.7 Å². The van der Waals surface area contributed by atoms with Gasteiger partial charge in [0.25, 0.3) is 10.0 Å². The van der Waals surface area contributed by atoms with Crippen molar-refractivity contribution in [3.05, 3.63) is 46.3 Å². The normalized spacial score (nSPS) is 16.7. The molecule has 0 spiro atoms. The summed E-state index contributed by atoms with van der Waals surface area (Å²) in [4.78, 5) is 1.53. The first-order chi connectivity index (χ1) is 10.9. The summed E-state index contributed by atoms with van der Waals surface area (Å²) in [6, 6.07) is 6.68. The van der Waals surface area contributed by atoms with Gasteiger partial charge in [0.15, 0.2) is 0 Å². The molecule has 0 saturated carbocycles. The number of halogens is 3. The van der Waals surface area contributed by atoms with Gasteiger partial charge < -0.3 is 4.90 Å². The van der Waals surface area contributed by atoms with Crippen molar-refractivity contribution >= 4 is 38.6 Å². The Hall–Kier alpha value is -1.22. The first-order valence-corrected chi connectivity index (χ1v) is 9.47. The van der Waals surface area contributed by atoms with Crippen molar-refractivity contribution in [2.24, 2.45) is 0 Å². The third-order valence-corrected chi connectivity index (χ3v) is 7.23. The van der Waals surface area contributed by atoms with Crippen molar-refractivity contribution in [2.75, 3.05) is 31.1 Å². The molecule has 1 aromatic heterocycles. The summed E-state index contributed by atoms with van der Waals surface area (Å²) in [5, 5.41) is 0. The molecular formula is C14H13ClF2N2O2S2. The van der Waals surface area contributed by atoms with Crippen LogP contribution in [-0.4, -0.2) is 38.9 Å². The number of hydrogen-bond donors (Lipinski definition) is 0. The lowest BCUT2D eigenvalue weighted by atomic mass is 10.2. The number of hydrogen-bond acceptors (Lipinski definition) is 4. The number of rotatable bonds is 3. The predicted molar refractivity (Wildman–Crippen MR) is 86.7 cm³/mol. The van der Waals surface area contributed by atoms with E-state index in [1.165, 1.54) is 39.5 Å². The fourth-order valence-electron chi connectivity index (χ4n) is 2.51. The standard InChI is InChI=1S/C14H13ClF2N2O2S2/c15-12-4-5-13(22-12)23(20,21)19-8-6-18(7-9-19)14-10(16)2-1-3-11(14)17/h1-5H,6-9H2. The summed E-state index contributed by atoms with van der Waals surface area (Å²) in [6.45, 7) is 0.754. The Morgan fingerprint density at radius 2 is 1.61 bits per heavy atom. The summed E-state index contributed by atoms with van der Waals surface area (Å²) in [7, 11) is -3.61. The third kappa shape index (κ3) is 3.21. The number of thiophene rings is 1. The molecule has 1 aliphatic rings. The smallest absolute Gasteiger partial charge is 0.252 e. The summed E-state index contributed by atoms with van der Waals surface area (Å²) >= 11 is 6.78. The van der Waals surface area contributed by atoms with Crippen LogP contribution in [0.5, 0.6) is 0 Å². The second-order valence-electron chi connectivity index (χ2n) is 5.02. The lowest BCUT2D eigenvalue weighted by molar-refractivity contribution is 0.382. The van der Waals surface area contributed by atoms with Gasteiger partial charge in [-0.25, -0.2) is 17.2 Å². The molecule has 0 N–H and O–H groups in total. The topological polar surface area (TPSA) is 40.6 Å². The van der Waals surface area contributed by atoms with Gasteiger partial charge >= 0.3 is 0 Å². The molecule has 1 aromatic carbocycles. The Bertz CT molecular complexity index is 798. The van der Waals surface area contributed by atoms with Crippen LogP contribution in [0.4, 0.5) is 14.5 Å². The largest absolute Gasteiger partial charge is 0.364 e. The number of para-hydroxylation sites is 1. The quantitative estimate of drug-likeness (QED) is 0.823. The van der Waals surface area contributed by atoms with Crippen molar-refractivity contribution in [3.8, 4) is 0 Å². The van der Waals surface area contributed by atoms with E-state index in [1.54, 1.807) is 0 Å². The van der Waals surface area contributed by atoms with Crippen molar-refractivity contribution < 1.29 is 17.2 Å². The van der Waals surface area contributed by atoms with Crippen molar-refractivity contribution in [1.82, 2.24) is 4.31 Å². The van der Waals surface area contributed by atoms with E-state index in [-0.39, 0.29) is 36.1 Å². The number of nitrogens with zero attached hydrogens (tertiary/aromatic N) is 2. The summed E-state index contributed by atoms with van der Waals surface area (Å²) in [5.41, 5.74) is -0.108. The molecule has 0 unspecified atom stereocenters. The third-order valence-electron chi connectivity index (χ3n) is 3.64. The predicted octanol–water partition coefficient (Wildman–Crippen LogP) is 3.19. The van der Waals surface area contributed by atoms with E-state index in [2.05, 4.69) is 0 Å². The van der Waals surface area contributed by atoms with Crippen molar-refractivity contribution in [1.29, 1.82) is 0 Å². The molecule has 4 nitrogen and oxygen atoms in total. The van der Waals surface area contributed by atoms with Crippen LogP contribution in [0.25, 0.3) is 0 Å². The minimum absolute atomic E-state index is 0.108. The molecule has 0 radical (unpaired) electrons. The van der Waals surface area contributed by atoms with Gasteiger partial charge in [0, 0.05) is 26.2 Å². The molecule has 0 atom stereocenters. The van der Waals surface area contributed by atoms with E-state index in [1.807, 2.05) is 0 Å². The van der Waals surface area contributed by atoms with Crippen LogP contribution in [0.2, 0.25) is 4.34 Å². The van der Waals surface area contributed by atoms with E-state index in [9.17, 15) is 17.2 Å². The van der Waals surface area contributed by atoms with Crippen molar-refractivity contribution in [3.63, 3.8) is 0 Å². The zero-order valence-electron chi connectivity index (χ0n) is 11.9. The molecule has 2 aromatic rings. The molecule has 0 aliphatic carbocycles. The van der Waals surface area contributed by atoms with Crippen LogP contribution in [-0.2, 0) is 10.0 Å². The highest BCUT2D eigenvalue weighted by atomic mass is 35.5. The molecule has 124 valence electrons. The van der Waals surface area contributed by atoms with Crippen LogP contribution < -0.4 is 4.90 Å². The number of anilines is 1. The summed E-state index contributed by atoms with van der Waals surface area (Å²) in [5.74, 6) is -1.29. The minimum atomic E-state index is -3.61. The van der Waals surface area contributed by atoms with Gasteiger partial charge in [0.1, 0.15) is 21.5 Å². The Balaban J connectivity index is 1.76. The van der Waals surface area contributed by atoms with Gasteiger partial charge in [-0.2, -0.15) is 4.31 Å². The summed E-state index contributed by atoms with van der Waals surface area (Å²) in [6.07, 6.45) is 0. The zero-order chi connectivity index (χ0) is 16.6. The molecule has 9 heteroatoms. The molecule has 0 amide bonds. The second-order valence-corrected chi connectivity index (χ2v) is 8.90. The average Bonchev–Trinajstić information content (AvgIpc) is 2.95. The monoisotopic (exact) mass is 378 g/mol. The second kappa shape index (κ2) is 6.35. The fraction of sp³-hybridized carbons (Fsp3) is 0.286. The fourth-order valence-corrected chi connectivity index (χ4v) is 5.57. The van der Waals surface area contributed by atoms with Crippen LogP contribution in [0.1, 0.15) is 0 Å². The molecule has 0 bridgehead atoms. The van der Waals surface area contributed by atoms with Gasteiger partial charge in [0.05, 0.1) is 4.34 Å². The lowest BCUT2D eigenvalue weighted by Crippen LogP contribution is -2.49. The van der Waals surface area contributed by atoms with Gasteiger partial charge in [-0.3, -0.25) is 0 Å². The average molecular weight is 379 g/mol. The highest BCUT2D eigenvalue weighted by molar-refractivity contribution is 7.91. The maximum Gasteiger partial charge on any atom is 0.252 e. The lowest BCUT2D eigenvalue weighted by Gasteiger charge is -2.35. The number of piperazine rings is 1. The van der Waals surface area contributed by atoms with E-state index in [0.717, 1.165) is 11.3 Å². The molecule has 1 aliphatic heterocycles. The molecule has 1 saturated heterocycles. The number of benzene rings is 1. The van der Waals surface area contributed by atoms with Crippen molar-refractivity contribution in [2.45, 2.75) is 4.21 Å². The van der Waals surface area contributed by atoms with E-state index in [4.69, 9.17) is 11.6 Å². The first kappa shape index (κ1) is 16.6. The van der Waals surface area contributed by atoms with Gasteiger partial charge in [-0.1, -0.05) is 17.7 Å². The Labute approximate surface area is 141 Å². The zero-order valence-corrected chi connectivity index (χ0v) is 14.3. The summed E-state index contributed by atoms with van der Waals surface area (Å²) < 4.78 is 54.5. The van der Waals surface area contributed by atoms with E-state index in [0.29, 0.717) is 4.34 Å². The first-order valence-electron chi connectivity index (χ1n) is 6.84. The SMILES string of the molecule is O=S(=O)(c1ccc(Cl)s1)N1CCN(c2c(F)cccc2F)CC1.